The number of carbonyl (C=O) groups excluding carboxylic acids is 1. The Bertz CT molecular complexity index is 565. The maximum Gasteiger partial charge on any atom is 0.189 e. The number of ether oxygens (including phenoxy) is 1. The van der Waals surface area contributed by atoms with Crippen LogP contribution in [0.25, 0.3) is 0 Å². The predicted octanol–water partition coefficient (Wildman–Crippen LogP) is 2.72. The van der Waals surface area contributed by atoms with E-state index in [9.17, 15) is 4.79 Å². The van der Waals surface area contributed by atoms with E-state index in [-0.39, 0.29) is 11.7 Å². The van der Waals surface area contributed by atoms with E-state index < -0.39 is 0 Å². The molecule has 0 N–H and O–H groups in total. The first-order valence-electron chi connectivity index (χ1n) is 6.21. The van der Waals surface area contributed by atoms with Gasteiger partial charge in [-0.05, 0) is 24.6 Å². The Morgan fingerprint density at radius 1 is 1.32 bits per heavy atom. The Hall–Kier alpha value is -2.10. The Balaban J connectivity index is 2.22. The van der Waals surface area contributed by atoms with E-state index in [2.05, 4.69) is 4.98 Å². The smallest absolute Gasteiger partial charge is 0.189 e. The lowest BCUT2D eigenvalue weighted by atomic mass is 9.95. The highest BCUT2D eigenvalue weighted by atomic mass is 16.5. The van der Waals surface area contributed by atoms with Gasteiger partial charge in [0.25, 0.3) is 0 Å². The monoisotopic (exact) mass is 258 g/mol. The Labute approximate surface area is 113 Å². The lowest BCUT2D eigenvalue weighted by molar-refractivity contribution is 0.0961. The second-order valence-corrected chi connectivity index (χ2v) is 4.64. The summed E-state index contributed by atoms with van der Waals surface area (Å²) in [7, 11) is 3.51. The molecule has 0 amide bonds. The number of aromatic nitrogens is 2. The number of carbonyl (C=O) groups is 1. The van der Waals surface area contributed by atoms with Crippen LogP contribution in [0.2, 0.25) is 0 Å². The van der Waals surface area contributed by atoms with Crippen LogP contribution in [0.3, 0.4) is 0 Å². The van der Waals surface area contributed by atoms with Gasteiger partial charge in [0.15, 0.2) is 5.78 Å². The normalized spacial score (nSPS) is 12.2. The van der Waals surface area contributed by atoms with Crippen LogP contribution in [0, 0.1) is 6.92 Å². The maximum absolute atomic E-state index is 12.4. The van der Waals surface area contributed by atoms with Gasteiger partial charge in [0.05, 0.1) is 7.11 Å². The van der Waals surface area contributed by atoms with E-state index >= 15 is 0 Å². The minimum absolute atomic E-state index is 0.0360. The summed E-state index contributed by atoms with van der Waals surface area (Å²) in [4.78, 5) is 16.6. The number of aryl methyl sites for hydroxylation is 2. The third-order valence-corrected chi connectivity index (χ3v) is 3.37. The quantitative estimate of drug-likeness (QED) is 0.792. The van der Waals surface area contributed by atoms with Crippen molar-refractivity contribution in [3.8, 4) is 5.75 Å². The second-order valence-electron chi connectivity index (χ2n) is 4.64. The molecular formula is C15H18N2O2. The van der Waals surface area contributed by atoms with Crippen LogP contribution in [0.4, 0.5) is 0 Å². The van der Waals surface area contributed by atoms with E-state index in [1.807, 2.05) is 49.7 Å². The fraction of sp³-hybridized carbons (Fsp3) is 0.333. The molecule has 1 aromatic heterocycles. The third-order valence-electron chi connectivity index (χ3n) is 3.37. The highest BCUT2D eigenvalue weighted by molar-refractivity contribution is 5.99. The molecule has 0 bridgehead atoms. The van der Waals surface area contributed by atoms with Gasteiger partial charge in [-0.3, -0.25) is 4.79 Å². The predicted molar refractivity (Wildman–Crippen MR) is 73.7 cm³/mol. The number of ketones is 1. The molecular weight excluding hydrogens is 240 g/mol. The van der Waals surface area contributed by atoms with Crippen molar-refractivity contribution in [3.63, 3.8) is 0 Å². The SMILES string of the molecule is COc1ccc(C(C)C(=O)c2cn(C)c(C)n2)cc1. The summed E-state index contributed by atoms with van der Waals surface area (Å²) >= 11 is 0. The molecule has 4 nitrogen and oxygen atoms in total. The number of nitrogens with zero attached hydrogens (tertiary/aromatic N) is 2. The summed E-state index contributed by atoms with van der Waals surface area (Å²) in [5, 5.41) is 0. The summed E-state index contributed by atoms with van der Waals surface area (Å²) in [5.74, 6) is 1.46. The molecule has 0 saturated carbocycles. The molecule has 0 aliphatic carbocycles. The standard InChI is InChI=1S/C15H18N2O2/c1-10(12-5-7-13(19-4)8-6-12)15(18)14-9-17(3)11(2)16-14/h5-10H,1-4H3. The third kappa shape index (κ3) is 2.67. The molecule has 0 radical (unpaired) electrons. The molecule has 1 aromatic carbocycles. The summed E-state index contributed by atoms with van der Waals surface area (Å²) in [6.07, 6.45) is 1.78. The summed E-state index contributed by atoms with van der Waals surface area (Å²) in [6.45, 7) is 3.78. The first kappa shape index (κ1) is 13.3. The number of imidazole rings is 1. The molecule has 0 aliphatic rings. The van der Waals surface area contributed by atoms with Crippen molar-refractivity contribution in [2.45, 2.75) is 19.8 Å². The van der Waals surface area contributed by atoms with Crippen LogP contribution in [0.5, 0.6) is 5.75 Å². The molecule has 4 heteroatoms. The van der Waals surface area contributed by atoms with Crippen molar-refractivity contribution in [2.24, 2.45) is 7.05 Å². The lowest BCUT2D eigenvalue weighted by Gasteiger charge is -2.09. The molecule has 0 fully saturated rings. The first-order valence-corrected chi connectivity index (χ1v) is 6.21. The Morgan fingerprint density at radius 2 is 1.95 bits per heavy atom. The molecule has 1 unspecified atom stereocenters. The largest absolute Gasteiger partial charge is 0.497 e. The number of hydrogen-bond donors (Lipinski definition) is 0. The molecule has 0 aliphatic heterocycles. The molecule has 1 atom stereocenters. The van der Waals surface area contributed by atoms with Crippen LogP contribution in [0.15, 0.2) is 30.5 Å². The zero-order valence-electron chi connectivity index (χ0n) is 11.7. The van der Waals surface area contributed by atoms with Gasteiger partial charge in [0.2, 0.25) is 0 Å². The van der Waals surface area contributed by atoms with Gasteiger partial charge >= 0.3 is 0 Å². The first-order chi connectivity index (χ1) is 9.02. The van der Waals surface area contributed by atoms with Crippen molar-refractivity contribution < 1.29 is 9.53 Å². The second kappa shape index (κ2) is 5.26. The molecule has 0 saturated heterocycles. The Kier molecular flexibility index (Phi) is 3.69. The highest BCUT2D eigenvalue weighted by Crippen LogP contribution is 2.22. The van der Waals surface area contributed by atoms with E-state index in [0.717, 1.165) is 17.1 Å². The van der Waals surface area contributed by atoms with Crippen LogP contribution in [-0.4, -0.2) is 22.4 Å². The molecule has 1 heterocycles. The van der Waals surface area contributed by atoms with Crippen molar-refractivity contribution in [3.05, 3.63) is 47.5 Å². The van der Waals surface area contributed by atoms with E-state index in [0.29, 0.717) is 5.69 Å². The fourth-order valence-electron chi connectivity index (χ4n) is 1.94. The summed E-state index contributed by atoms with van der Waals surface area (Å²) in [6, 6.07) is 7.56. The molecule has 19 heavy (non-hydrogen) atoms. The number of benzene rings is 1. The fourth-order valence-corrected chi connectivity index (χ4v) is 1.94. The van der Waals surface area contributed by atoms with Crippen LogP contribution in [-0.2, 0) is 7.05 Å². The Morgan fingerprint density at radius 3 is 2.42 bits per heavy atom. The van der Waals surface area contributed by atoms with Crippen LogP contribution in [0.1, 0.15) is 34.7 Å². The van der Waals surface area contributed by atoms with Gasteiger partial charge in [-0.1, -0.05) is 19.1 Å². The van der Waals surface area contributed by atoms with Gasteiger partial charge in [0, 0.05) is 19.2 Å². The maximum atomic E-state index is 12.4. The van der Waals surface area contributed by atoms with Crippen molar-refractivity contribution >= 4 is 5.78 Å². The van der Waals surface area contributed by atoms with Gasteiger partial charge in [-0.25, -0.2) is 4.98 Å². The van der Waals surface area contributed by atoms with Gasteiger partial charge in [-0.15, -0.1) is 0 Å². The molecule has 100 valence electrons. The topological polar surface area (TPSA) is 44.1 Å². The molecule has 0 spiro atoms. The zero-order valence-corrected chi connectivity index (χ0v) is 11.7. The van der Waals surface area contributed by atoms with E-state index in [4.69, 9.17) is 4.74 Å². The number of methoxy groups -OCH3 is 1. The van der Waals surface area contributed by atoms with Crippen LogP contribution < -0.4 is 4.74 Å². The minimum Gasteiger partial charge on any atom is -0.497 e. The molecule has 2 aromatic rings. The summed E-state index contributed by atoms with van der Waals surface area (Å²) in [5.41, 5.74) is 1.48. The number of rotatable bonds is 4. The van der Waals surface area contributed by atoms with Crippen molar-refractivity contribution in [1.29, 1.82) is 0 Å². The van der Waals surface area contributed by atoms with E-state index in [1.54, 1.807) is 13.3 Å². The number of hydrogen-bond acceptors (Lipinski definition) is 3. The van der Waals surface area contributed by atoms with Gasteiger partial charge in [0.1, 0.15) is 17.3 Å². The zero-order chi connectivity index (χ0) is 14.0. The lowest BCUT2D eigenvalue weighted by Crippen LogP contribution is -2.10. The van der Waals surface area contributed by atoms with Crippen molar-refractivity contribution in [2.75, 3.05) is 7.11 Å². The van der Waals surface area contributed by atoms with E-state index in [1.165, 1.54) is 0 Å². The van der Waals surface area contributed by atoms with Gasteiger partial charge < -0.3 is 9.30 Å². The number of Topliss-reactive ketones (excluding diaryl/α,β-unsaturated/α-hetero) is 1. The average Bonchev–Trinajstić information content (AvgIpc) is 2.77. The van der Waals surface area contributed by atoms with Crippen molar-refractivity contribution in [1.82, 2.24) is 9.55 Å². The molecule has 2 rings (SSSR count). The summed E-state index contributed by atoms with van der Waals surface area (Å²) < 4.78 is 6.97. The highest BCUT2D eigenvalue weighted by Gasteiger charge is 2.20. The van der Waals surface area contributed by atoms with Crippen LogP contribution >= 0.6 is 0 Å². The minimum atomic E-state index is -0.208. The van der Waals surface area contributed by atoms with Gasteiger partial charge in [-0.2, -0.15) is 0 Å². The average molecular weight is 258 g/mol.